The third kappa shape index (κ3) is 6.22. The molecule has 0 aliphatic heterocycles. The third-order valence-corrected chi connectivity index (χ3v) is 7.54. The van der Waals surface area contributed by atoms with Gasteiger partial charge in [0, 0.05) is 17.9 Å². The molecule has 2 aliphatic carbocycles. The summed E-state index contributed by atoms with van der Waals surface area (Å²) < 4.78 is 1.92. The molecular weight excluding hydrogens is 438 g/mol. The fourth-order valence-corrected chi connectivity index (χ4v) is 5.43. The largest absolute Gasteiger partial charge is 0.338 e. The average Bonchev–Trinajstić information content (AvgIpc) is 2.82. The van der Waals surface area contributed by atoms with Gasteiger partial charge in [0.15, 0.2) is 0 Å². The minimum atomic E-state index is -1.18. The van der Waals surface area contributed by atoms with Gasteiger partial charge in [-0.1, -0.05) is 50.3 Å². The van der Waals surface area contributed by atoms with Gasteiger partial charge in [0.25, 0.3) is 11.5 Å². The normalized spacial score (nSPS) is 17.1. The van der Waals surface area contributed by atoms with Crippen LogP contribution in [0.2, 0.25) is 0 Å². The molecule has 188 valence electrons. The molecule has 0 bridgehead atoms. The molecule has 2 aliphatic rings. The molecule has 6 heteroatoms. The van der Waals surface area contributed by atoms with E-state index in [0.717, 1.165) is 49.8 Å². The summed E-state index contributed by atoms with van der Waals surface area (Å²) in [6.45, 7) is 4.02. The fraction of sp³-hybridized carbons (Fsp3) is 0.552. The van der Waals surface area contributed by atoms with Crippen molar-refractivity contribution >= 4 is 17.5 Å². The van der Waals surface area contributed by atoms with Crippen LogP contribution < -0.4 is 16.2 Å². The average molecular weight is 478 g/mol. The summed E-state index contributed by atoms with van der Waals surface area (Å²) in [5, 5.41) is 5.68. The Labute approximate surface area is 208 Å². The second-order valence-corrected chi connectivity index (χ2v) is 10.8. The number of hydrogen-bond donors (Lipinski definition) is 2. The molecule has 2 amide bonds. The highest BCUT2D eigenvalue weighted by Crippen LogP contribution is 2.27. The Morgan fingerprint density at radius 3 is 2.31 bits per heavy atom. The number of pyridine rings is 1. The monoisotopic (exact) mass is 477 g/mol. The highest BCUT2D eigenvalue weighted by atomic mass is 16.2. The van der Waals surface area contributed by atoms with Crippen LogP contribution >= 0.6 is 0 Å². The zero-order valence-corrected chi connectivity index (χ0v) is 21.2. The molecule has 1 aromatic heterocycles. The van der Waals surface area contributed by atoms with E-state index in [9.17, 15) is 14.4 Å². The molecule has 0 unspecified atom stereocenters. The fourth-order valence-electron chi connectivity index (χ4n) is 5.43. The molecular formula is C29H39N3O3. The predicted molar refractivity (Wildman–Crippen MR) is 140 cm³/mol. The Morgan fingerprint density at radius 2 is 1.60 bits per heavy atom. The molecule has 35 heavy (non-hydrogen) atoms. The van der Waals surface area contributed by atoms with Gasteiger partial charge < -0.3 is 15.2 Å². The second-order valence-electron chi connectivity index (χ2n) is 10.8. The van der Waals surface area contributed by atoms with Crippen molar-refractivity contribution in [3.05, 3.63) is 63.6 Å². The van der Waals surface area contributed by atoms with Gasteiger partial charge in [-0.25, -0.2) is 0 Å². The van der Waals surface area contributed by atoms with E-state index >= 15 is 0 Å². The Hall–Kier alpha value is -2.89. The van der Waals surface area contributed by atoms with Crippen LogP contribution in [-0.2, 0) is 24.2 Å². The maximum Gasteiger partial charge on any atom is 0.263 e. The number of anilines is 1. The minimum absolute atomic E-state index is 0.153. The molecule has 4 rings (SSSR count). The first-order valence-corrected chi connectivity index (χ1v) is 13.3. The number of amides is 2. The van der Waals surface area contributed by atoms with Crippen molar-refractivity contribution in [1.29, 1.82) is 0 Å². The van der Waals surface area contributed by atoms with Crippen molar-refractivity contribution in [3.63, 3.8) is 0 Å². The number of hydrogen-bond acceptors (Lipinski definition) is 3. The zero-order valence-electron chi connectivity index (χ0n) is 21.2. The highest BCUT2D eigenvalue weighted by Gasteiger charge is 2.32. The second kappa shape index (κ2) is 11.2. The molecule has 0 radical (unpaired) electrons. The number of aryl methyl sites for hydroxylation is 1. The van der Waals surface area contributed by atoms with E-state index in [-0.39, 0.29) is 17.0 Å². The van der Waals surface area contributed by atoms with E-state index in [2.05, 4.69) is 10.6 Å². The maximum absolute atomic E-state index is 13.7. The van der Waals surface area contributed by atoms with Gasteiger partial charge in [0.05, 0.1) is 0 Å². The maximum atomic E-state index is 13.7. The summed E-state index contributed by atoms with van der Waals surface area (Å²) in [6.07, 6.45) is 12.3. The third-order valence-electron chi connectivity index (χ3n) is 7.54. The number of benzene rings is 1. The highest BCUT2D eigenvalue weighted by molar-refractivity contribution is 6.03. The van der Waals surface area contributed by atoms with Crippen LogP contribution in [0.4, 0.5) is 5.69 Å². The lowest BCUT2D eigenvalue weighted by molar-refractivity contribution is -0.120. The molecule has 6 nitrogen and oxygen atoms in total. The quantitative estimate of drug-likeness (QED) is 0.597. The number of nitrogens with zero attached hydrogens (tertiary/aromatic N) is 1. The molecule has 1 heterocycles. The van der Waals surface area contributed by atoms with Crippen LogP contribution in [0.25, 0.3) is 0 Å². The number of carbonyl (C=O) groups is 2. The first kappa shape index (κ1) is 25.2. The van der Waals surface area contributed by atoms with Gasteiger partial charge in [0.2, 0.25) is 5.91 Å². The van der Waals surface area contributed by atoms with Crippen LogP contribution in [0.15, 0.2) is 41.2 Å². The van der Waals surface area contributed by atoms with Gasteiger partial charge in [-0.15, -0.1) is 0 Å². The zero-order chi connectivity index (χ0) is 24.8. The van der Waals surface area contributed by atoms with Gasteiger partial charge in [0.1, 0.15) is 11.1 Å². The van der Waals surface area contributed by atoms with E-state index in [0.29, 0.717) is 18.2 Å². The van der Waals surface area contributed by atoms with Crippen LogP contribution in [-0.4, -0.2) is 21.9 Å². The van der Waals surface area contributed by atoms with E-state index in [4.69, 9.17) is 0 Å². The summed E-state index contributed by atoms with van der Waals surface area (Å²) in [5.41, 5.74) is 1.66. The SMILES string of the molecule is CC(C)(NC(=O)c1cc2c(n(CC3CCCCC3)c1=O)CCCCCC2)C(=O)Nc1ccccc1. The summed E-state index contributed by atoms with van der Waals surface area (Å²) in [4.78, 5) is 40.0. The van der Waals surface area contributed by atoms with Crippen LogP contribution in [0.5, 0.6) is 0 Å². The van der Waals surface area contributed by atoms with Gasteiger partial charge >= 0.3 is 0 Å². The van der Waals surface area contributed by atoms with Crippen LogP contribution in [0, 0.1) is 5.92 Å². The molecule has 1 saturated carbocycles. The van der Waals surface area contributed by atoms with Crippen molar-refractivity contribution in [3.8, 4) is 0 Å². The summed E-state index contributed by atoms with van der Waals surface area (Å²) >= 11 is 0. The van der Waals surface area contributed by atoms with Crippen LogP contribution in [0.3, 0.4) is 0 Å². The standard InChI is InChI=1S/C29H39N3O3/c1-29(2,28(35)30-23-16-10-6-11-17-23)31-26(33)24-19-22-15-9-3-4-12-18-25(22)32(27(24)34)20-21-13-7-5-8-14-21/h6,10-11,16-17,19,21H,3-5,7-9,12-15,18,20H2,1-2H3,(H,30,35)(H,31,33). The van der Waals surface area contributed by atoms with Gasteiger partial charge in [-0.2, -0.15) is 0 Å². The Kier molecular flexibility index (Phi) is 8.09. The first-order chi connectivity index (χ1) is 16.8. The lowest BCUT2D eigenvalue weighted by atomic mass is 9.88. The molecule has 0 spiro atoms. The predicted octanol–water partition coefficient (Wildman–Crippen LogP) is 5.23. The van der Waals surface area contributed by atoms with Crippen molar-refractivity contribution in [2.75, 3.05) is 5.32 Å². The van der Waals surface area contributed by atoms with Crippen molar-refractivity contribution in [1.82, 2.24) is 9.88 Å². The molecule has 0 saturated heterocycles. The van der Waals surface area contributed by atoms with E-state index in [1.165, 1.54) is 32.1 Å². The topological polar surface area (TPSA) is 80.2 Å². The smallest absolute Gasteiger partial charge is 0.263 e. The number of rotatable bonds is 6. The molecule has 1 fully saturated rings. The number of carbonyl (C=O) groups excluding carboxylic acids is 2. The van der Waals surface area contributed by atoms with Gasteiger partial charge in [-0.3, -0.25) is 14.4 Å². The van der Waals surface area contributed by atoms with Crippen molar-refractivity contribution in [2.45, 2.75) is 96.6 Å². The molecule has 1 aromatic carbocycles. The van der Waals surface area contributed by atoms with Crippen LogP contribution in [0.1, 0.15) is 93.3 Å². The first-order valence-electron chi connectivity index (χ1n) is 13.3. The summed E-state index contributed by atoms with van der Waals surface area (Å²) in [7, 11) is 0. The molecule has 0 atom stereocenters. The molecule has 2 N–H and O–H groups in total. The number of fused-ring (bicyclic) bond motifs is 1. The lowest BCUT2D eigenvalue weighted by Gasteiger charge is -2.28. The molecule has 2 aromatic rings. The summed E-state index contributed by atoms with van der Waals surface area (Å²) in [6, 6.07) is 11.0. The van der Waals surface area contributed by atoms with Gasteiger partial charge in [-0.05, 0) is 82.1 Å². The van der Waals surface area contributed by atoms with Crippen molar-refractivity contribution in [2.24, 2.45) is 5.92 Å². The minimum Gasteiger partial charge on any atom is -0.338 e. The van der Waals surface area contributed by atoms with E-state index in [1.54, 1.807) is 32.0 Å². The Morgan fingerprint density at radius 1 is 0.943 bits per heavy atom. The number of aromatic nitrogens is 1. The number of para-hydroxylation sites is 1. The lowest BCUT2D eigenvalue weighted by Crippen LogP contribution is -2.53. The Bertz CT molecular complexity index is 1100. The number of nitrogens with one attached hydrogen (secondary N) is 2. The van der Waals surface area contributed by atoms with Crippen molar-refractivity contribution < 1.29 is 9.59 Å². The van der Waals surface area contributed by atoms with E-state index < -0.39 is 11.4 Å². The van der Waals surface area contributed by atoms with E-state index in [1.807, 2.05) is 22.8 Å². The summed E-state index contributed by atoms with van der Waals surface area (Å²) in [5.74, 6) is -0.321. The Balaban J connectivity index is 1.61.